The molecule has 4 heteroatoms. The van der Waals surface area contributed by atoms with Crippen LogP contribution in [0.4, 0.5) is 0 Å². The third-order valence-corrected chi connectivity index (χ3v) is 3.21. The van der Waals surface area contributed by atoms with Crippen molar-refractivity contribution in [3.05, 3.63) is 58.6 Å². The molecule has 0 saturated heterocycles. The number of rotatable bonds is 5. The molecule has 0 aliphatic rings. The van der Waals surface area contributed by atoms with Crippen LogP contribution in [-0.4, -0.2) is 12.2 Å². The maximum atomic E-state index is 9.68. The van der Waals surface area contributed by atoms with E-state index in [1.54, 1.807) is 12.1 Å². The van der Waals surface area contributed by atoms with Gasteiger partial charge in [-0.1, -0.05) is 35.9 Å². The number of halogens is 1. The van der Waals surface area contributed by atoms with E-state index in [2.05, 4.69) is 5.32 Å². The molecule has 3 nitrogen and oxygen atoms in total. The Labute approximate surface area is 117 Å². The summed E-state index contributed by atoms with van der Waals surface area (Å²) in [5.74, 6) is 0.634. The SMILES string of the molecule is COc1ccc(CNCc2ccccc2Cl)cc1O. The molecule has 2 rings (SSSR count). The molecule has 0 aromatic heterocycles. The summed E-state index contributed by atoms with van der Waals surface area (Å²) in [5, 5.41) is 13.7. The third kappa shape index (κ3) is 3.63. The first-order valence-corrected chi connectivity index (χ1v) is 6.38. The minimum atomic E-state index is 0.152. The molecule has 2 aromatic rings. The molecular weight excluding hydrogens is 262 g/mol. The van der Waals surface area contributed by atoms with E-state index in [9.17, 15) is 5.11 Å². The van der Waals surface area contributed by atoms with Gasteiger partial charge in [0.2, 0.25) is 0 Å². The summed E-state index contributed by atoms with van der Waals surface area (Å²) in [6.07, 6.45) is 0. The standard InChI is InChI=1S/C15H16ClNO2/c1-19-15-7-6-11(8-14(15)18)9-17-10-12-4-2-3-5-13(12)16/h2-8,17-18H,9-10H2,1H3. The van der Waals surface area contributed by atoms with Gasteiger partial charge in [-0.15, -0.1) is 0 Å². The Bertz CT molecular complexity index is 558. The number of methoxy groups -OCH3 is 1. The Balaban J connectivity index is 1.93. The van der Waals surface area contributed by atoms with Crippen LogP contribution in [0.2, 0.25) is 5.02 Å². The lowest BCUT2D eigenvalue weighted by Gasteiger charge is -2.08. The van der Waals surface area contributed by atoms with Crippen LogP contribution in [0.1, 0.15) is 11.1 Å². The molecule has 0 spiro atoms. The molecule has 0 aliphatic carbocycles. The number of hydrogen-bond donors (Lipinski definition) is 2. The summed E-state index contributed by atoms with van der Waals surface area (Å²) in [4.78, 5) is 0. The lowest BCUT2D eigenvalue weighted by atomic mass is 10.2. The van der Waals surface area contributed by atoms with Gasteiger partial charge in [-0.3, -0.25) is 0 Å². The topological polar surface area (TPSA) is 41.5 Å². The second kappa shape index (κ2) is 6.45. The highest BCUT2D eigenvalue weighted by Gasteiger charge is 2.03. The van der Waals surface area contributed by atoms with E-state index < -0.39 is 0 Å². The average Bonchev–Trinajstić information content (AvgIpc) is 2.41. The molecule has 0 bridgehead atoms. The molecule has 0 aliphatic heterocycles. The van der Waals surface area contributed by atoms with Crippen LogP contribution in [0.3, 0.4) is 0 Å². The van der Waals surface area contributed by atoms with Gasteiger partial charge in [-0.25, -0.2) is 0 Å². The van der Waals surface area contributed by atoms with Gasteiger partial charge in [0.15, 0.2) is 11.5 Å². The minimum absolute atomic E-state index is 0.152. The van der Waals surface area contributed by atoms with E-state index in [1.807, 2.05) is 30.3 Å². The van der Waals surface area contributed by atoms with E-state index in [4.69, 9.17) is 16.3 Å². The van der Waals surface area contributed by atoms with Gasteiger partial charge in [-0.2, -0.15) is 0 Å². The first kappa shape index (κ1) is 13.7. The van der Waals surface area contributed by atoms with Crippen molar-refractivity contribution in [1.29, 1.82) is 0 Å². The molecule has 0 fully saturated rings. The molecule has 19 heavy (non-hydrogen) atoms. The number of benzene rings is 2. The average molecular weight is 278 g/mol. The predicted molar refractivity (Wildman–Crippen MR) is 76.7 cm³/mol. The van der Waals surface area contributed by atoms with Gasteiger partial charge in [0.05, 0.1) is 7.11 Å². The van der Waals surface area contributed by atoms with Crippen molar-refractivity contribution in [3.63, 3.8) is 0 Å². The molecule has 0 radical (unpaired) electrons. The minimum Gasteiger partial charge on any atom is -0.504 e. The van der Waals surface area contributed by atoms with E-state index in [-0.39, 0.29) is 5.75 Å². The van der Waals surface area contributed by atoms with Crippen LogP contribution in [0, 0.1) is 0 Å². The predicted octanol–water partition coefficient (Wildman–Crippen LogP) is 3.34. The molecule has 0 saturated carbocycles. The van der Waals surface area contributed by atoms with Gasteiger partial charge in [-0.05, 0) is 29.3 Å². The van der Waals surface area contributed by atoms with Crippen LogP contribution >= 0.6 is 11.6 Å². The highest BCUT2D eigenvalue weighted by atomic mass is 35.5. The van der Waals surface area contributed by atoms with Crippen molar-refractivity contribution < 1.29 is 9.84 Å². The Kier molecular flexibility index (Phi) is 4.66. The number of nitrogens with one attached hydrogen (secondary N) is 1. The summed E-state index contributed by atoms with van der Waals surface area (Å²) in [6.45, 7) is 1.34. The molecule has 0 heterocycles. The van der Waals surface area contributed by atoms with Crippen molar-refractivity contribution in [2.75, 3.05) is 7.11 Å². The van der Waals surface area contributed by atoms with E-state index >= 15 is 0 Å². The van der Waals surface area contributed by atoms with Crippen LogP contribution in [-0.2, 0) is 13.1 Å². The van der Waals surface area contributed by atoms with Crippen molar-refractivity contribution in [3.8, 4) is 11.5 Å². The van der Waals surface area contributed by atoms with E-state index in [1.165, 1.54) is 7.11 Å². The molecule has 0 atom stereocenters. The molecule has 100 valence electrons. The van der Waals surface area contributed by atoms with Crippen LogP contribution in [0.5, 0.6) is 11.5 Å². The normalized spacial score (nSPS) is 10.4. The fraction of sp³-hybridized carbons (Fsp3) is 0.200. The zero-order valence-corrected chi connectivity index (χ0v) is 11.4. The third-order valence-electron chi connectivity index (χ3n) is 2.85. The lowest BCUT2D eigenvalue weighted by molar-refractivity contribution is 0.373. The van der Waals surface area contributed by atoms with Crippen LogP contribution in [0.15, 0.2) is 42.5 Å². The lowest BCUT2D eigenvalue weighted by Crippen LogP contribution is -2.12. The van der Waals surface area contributed by atoms with Gasteiger partial charge < -0.3 is 15.2 Å². The Hall–Kier alpha value is -1.71. The summed E-state index contributed by atoms with van der Waals surface area (Å²) < 4.78 is 5.00. The van der Waals surface area contributed by atoms with Gasteiger partial charge in [0.25, 0.3) is 0 Å². The Morgan fingerprint density at radius 1 is 1.16 bits per heavy atom. The van der Waals surface area contributed by atoms with E-state index in [0.717, 1.165) is 16.1 Å². The van der Waals surface area contributed by atoms with Gasteiger partial charge in [0.1, 0.15) is 0 Å². The number of hydrogen-bond acceptors (Lipinski definition) is 3. The second-order valence-electron chi connectivity index (χ2n) is 4.20. The summed E-state index contributed by atoms with van der Waals surface area (Å²) >= 11 is 6.07. The number of phenolic OH excluding ortho intramolecular Hbond substituents is 1. The zero-order chi connectivity index (χ0) is 13.7. The molecular formula is C15H16ClNO2. The number of phenols is 1. The maximum Gasteiger partial charge on any atom is 0.160 e. The molecule has 0 unspecified atom stereocenters. The van der Waals surface area contributed by atoms with E-state index in [0.29, 0.717) is 18.8 Å². The van der Waals surface area contributed by atoms with Crippen molar-refractivity contribution in [1.82, 2.24) is 5.32 Å². The summed E-state index contributed by atoms with van der Waals surface area (Å²) in [5.41, 5.74) is 2.05. The monoisotopic (exact) mass is 277 g/mol. The molecule has 2 N–H and O–H groups in total. The zero-order valence-electron chi connectivity index (χ0n) is 10.7. The quantitative estimate of drug-likeness (QED) is 0.881. The first-order chi connectivity index (χ1) is 9.20. The Morgan fingerprint density at radius 2 is 1.95 bits per heavy atom. The first-order valence-electron chi connectivity index (χ1n) is 6.00. The van der Waals surface area contributed by atoms with Crippen molar-refractivity contribution >= 4 is 11.6 Å². The highest BCUT2D eigenvalue weighted by Crippen LogP contribution is 2.26. The molecule has 2 aromatic carbocycles. The number of ether oxygens (including phenoxy) is 1. The highest BCUT2D eigenvalue weighted by molar-refractivity contribution is 6.31. The largest absolute Gasteiger partial charge is 0.504 e. The van der Waals surface area contributed by atoms with Crippen LogP contribution in [0.25, 0.3) is 0 Å². The number of aromatic hydroxyl groups is 1. The smallest absolute Gasteiger partial charge is 0.160 e. The van der Waals surface area contributed by atoms with Gasteiger partial charge in [0, 0.05) is 18.1 Å². The van der Waals surface area contributed by atoms with Crippen LogP contribution < -0.4 is 10.1 Å². The van der Waals surface area contributed by atoms with Crippen molar-refractivity contribution in [2.45, 2.75) is 13.1 Å². The summed E-state index contributed by atoms with van der Waals surface area (Å²) in [6, 6.07) is 13.1. The molecule has 0 amide bonds. The summed E-state index contributed by atoms with van der Waals surface area (Å²) in [7, 11) is 1.53. The fourth-order valence-electron chi connectivity index (χ4n) is 1.83. The maximum absolute atomic E-state index is 9.68. The van der Waals surface area contributed by atoms with Gasteiger partial charge >= 0.3 is 0 Å². The van der Waals surface area contributed by atoms with Crippen molar-refractivity contribution in [2.24, 2.45) is 0 Å². The second-order valence-corrected chi connectivity index (χ2v) is 4.61. The fourth-order valence-corrected chi connectivity index (χ4v) is 2.03. The Morgan fingerprint density at radius 3 is 2.63 bits per heavy atom.